The maximum atomic E-state index is 10.6. The molecule has 0 fully saturated rings. The highest BCUT2D eigenvalue weighted by Gasteiger charge is 2.09. The third-order valence-corrected chi connectivity index (χ3v) is 2.93. The number of hydrogen-bond acceptors (Lipinski definition) is 6. The molecule has 0 aliphatic rings. The number of tetrazole rings is 1. The molecular weight excluding hydrogens is 298 g/mol. The summed E-state index contributed by atoms with van der Waals surface area (Å²) in [6, 6.07) is 7.18. The lowest BCUT2D eigenvalue weighted by Gasteiger charge is -2.10. The monoisotopic (exact) mass is 311 g/mol. The molecule has 8 nitrogen and oxygen atoms in total. The van der Waals surface area contributed by atoms with Crippen molar-refractivity contribution in [2.24, 2.45) is 0 Å². The molecule has 0 aliphatic heterocycles. The second kappa shape index (κ2) is 7.00. The van der Waals surface area contributed by atoms with E-state index in [1.54, 1.807) is 18.2 Å². The molecule has 0 amide bonds. The molecular formula is C12H14ClN5O3. The molecule has 0 aliphatic carbocycles. The Hall–Kier alpha value is -2.19. The summed E-state index contributed by atoms with van der Waals surface area (Å²) in [5.74, 6) is -0.556. The van der Waals surface area contributed by atoms with E-state index in [2.05, 4.69) is 20.7 Å². The summed E-state index contributed by atoms with van der Waals surface area (Å²) in [5, 5.41) is 32.6. The SMILES string of the molecule is O=C(O)Cn1nnc(-c2cccc(NCC(O)CCl)c2)n1. The zero-order chi connectivity index (χ0) is 15.2. The lowest BCUT2D eigenvalue weighted by Crippen LogP contribution is -2.20. The molecule has 21 heavy (non-hydrogen) atoms. The highest BCUT2D eigenvalue weighted by atomic mass is 35.5. The molecule has 2 aromatic rings. The number of nitrogens with zero attached hydrogens (tertiary/aromatic N) is 4. The average molecular weight is 312 g/mol. The van der Waals surface area contributed by atoms with Crippen LogP contribution < -0.4 is 5.32 Å². The van der Waals surface area contributed by atoms with Gasteiger partial charge < -0.3 is 15.5 Å². The van der Waals surface area contributed by atoms with Crippen molar-refractivity contribution < 1.29 is 15.0 Å². The van der Waals surface area contributed by atoms with E-state index < -0.39 is 12.1 Å². The smallest absolute Gasteiger partial charge is 0.327 e. The van der Waals surface area contributed by atoms with Crippen LogP contribution in [0.2, 0.25) is 0 Å². The molecule has 0 bridgehead atoms. The van der Waals surface area contributed by atoms with Gasteiger partial charge in [-0.2, -0.15) is 4.80 Å². The molecule has 112 valence electrons. The zero-order valence-electron chi connectivity index (χ0n) is 11.0. The van der Waals surface area contributed by atoms with Crippen LogP contribution in [0.4, 0.5) is 5.69 Å². The summed E-state index contributed by atoms with van der Waals surface area (Å²) >= 11 is 5.52. The second-order valence-corrected chi connectivity index (χ2v) is 4.62. The van der Waals surface area contributed by atoms with Crippen LogP contribution in [-0.4, -0.2) is 54.9 Å². The van der Waals surface area contributed by atoms with E-state index in [1.165, 1.54) is 0 Å². The van der Waals surface area contributed by atoms with Gasteiger partial charge in [0, 0.05) is 17.8 Å². The van der Waals surface area contributed by atoms with Gasteiger partial charge in [-0.1, -0.05) is 12.1 Å². The Kier molecular flexibility index (Phi) is 5.07. The van der Waals surface area contributed by atoms with Gasteiger partial charge in [-0.15, -0.1) is 21.8 Å². The molecule has 9 heteroatoms. The first kappa shape index (κ1) is 15.2. The lowest BCUT2D eigenvalue weighted by atomic mass is 10.2. The number of carboxylic acids is 1. The standard InChI is InChI=1S/C12H14ClN5O3/c13-5-10(19)6-14-9-3-1-2-8(4-9)12-15-17-18(16-12)7-11(20)21/h1-4,10,14,19H,5-7H2,(H,20,21). The summed E-state index contributed by atoms with van der Waals surface area (Å²) in [6.45, 7) is -0.0149. The van der Waals surface area contributed by atoms with E-state index in [0.717, 1.165) is 10.5 Å². The molecule has 0 saturated heterocycles. The highest BCUT2D eigenvalue weighted by molar-refractivity contribution is 6.18. The minimum atomic E-state index is -1.04. The third kappa shape index (κ3) is 4.40. The third-order valence-electron chi connectivity index (χ3n) is 2.57. The Morgan fingerprint density at radius 1 is 1.48 bits per heavy atom. The number of carboxylic acid groups (broad SMARTS) is 1. The van der Waals surface area contributed by atoms with E-state index in [9.17, 15) is 9.90 Å². The number of aromatic nitrogens is 4. The number of aliphatic carboxylic acids is 1. The van der Waals surface area contributed by atoms with Crippen molar-refractivity contribution in [2.45, 2.75) is 12.6 Å². The number of hydrogen-bond donors (Lipinski definition) is 3. The number of rotatable bonds is 7. The van der Waals surface area contributed by atoms with Crippen LogP contribution in [0.5, 0.6) is 0 Å². The van der Waals surface area contributed by atoms with E-state index in [-0.39, 0.29) is 12.4 Å². The average Bonchev–Trinajstić information content (AvgIpc) is 2.92. The fourth-order valence-corrected chi connectivity index (χ4v) is 1.71. The predicted molar refractivity (Wildman–Crippen MR) is 76.1 cm³/mol. The summed E-state index contributed by atoms with van der Waals surface area (Å²) in [5.41, 5.74) is 1.46. The van der Waals surface area contributed by atoms with Gasteiger partial charge in [-0.05, 0) is 17.3 Å². The molecule has 3 N–H and O–H groups in total. The normalized spacial score (nSPS) is 12.1. The quantitative estimate of drug-likeness (QED) is 0.636. The van der Waals surface area contributed by atoms with Crippen molar-refractivity contribution in [3.05, 3.63) is 24.3 Å². The van der Waals surface area contributed by atoms with Crippen LogP contribution in [0, 0.1) is 0 Å². The predicted octanol–water partition coefficient (Wildman–Crippen LogP) is 0.436. The number of benzene rings is 1. The summed E-state index contributed by atoms with van der Waals surface area (Å²) in [7, 11) is 0. The number of carbonyl (C=O) groups is 1. The van der Waals surface area contributed by atoms with Gasteiger partial charge in [-0.3, -0.25) is 4.79 Å². The van der Waals surface area contributed by atoms with Crippen LogP contribution in [0.3, 0.4) is 0 Å². The number of nitrogens with one attached hydrogen (secondary N) is 1. The number of halogens is 1. The van der Waals surface area contributed by atoms with Gasteiger partial charge >= 0.3 is 5.97 Å². The van der Waals surface area contributed by atoms with Gasteiger partial charge in [0.25, 0.3) is 0 Å². The summed E-state index contributed by atoms with van der Waals surface area (Å²) in [6.07, 6.45) is -0.634. The van der Waals surface area contributed by atoms with Gasteiger partial charge in [-0.25, -0.2) is 0 Å². The Balaban J connectivity index is 2.09. The van der Waals surface area contributed by atoms with Gasteiger partial charge in [0.1, 0.15) is 0 Å². The number of aliphatic hydroxyl groups excluding tert-OH is 1. The van der Waals surface area contributed by atoms with E-state index in [4.69, 9.17) is 16.7 Å². The number of anilines is 1. The minimum absolute atomic E-state index is 0.151. The topological polar surface area (TPSA) is 113 Å². The molecule has 1 heterocycles. The van der Waals surface area contributed by atoms with Crippen LogP contribution in [-0.2, 0) is 11.3 Å². The van der Waals surface area contributed by atoms with Gasteiger partial charge in [0.15, 0.2) is 6.54 Å². The Morgan fingerprint density at radius 2 is 2.29 bits per heavy atom. The summed E-state index contributed by atoms with van der Waals surface area (Å²) in [4.78, 5) is 11.6. The second-order valence-electron chi connectivity index (χ2n) is 4.31. The Morgan fingerprint density at radius 3 is 3.00 bits per heavy atom. The first-order valence-electron chi connectivity index (χ1n) is 6.16. The first-order chi connectivity index (χ1) is 10.1. The van der Waals surface area contributed by atoms with Crippen LogP contribution in [0.15, 0.2) is 24.3 Å². The Bertz CT molecular complexity index is 618. The Labute approximate surface area is 125 Å². The van der Waals surface area contributed by atoms with Crippen molar-refractivity contribution in [1.82, 2.24) is 20.2 Å². The highest BCUT2D eigenvalue weighted by Crippen LogP contribution is 2.18. The minimum Gasteiger partial charge on any atom is -0.480 e. The first-order valence-corrected chi connectivity index (χ1v) is 6.70. The largest absolute Gasteiger partial charge is 0.480 e. The van der Waals surface area contributed by atoms with E-state index in [0.29, 0.717) is 17.9 Å². The maximum absolute atomic E-state index is 10.6. The molecule has 1 unspecified atom stereocenters. The molecule has 0 spiro atoms. The van der Waals surface area contributed by atoms with Crippen molar-refractivity contribution in [2.75, 3.05) is 17.7 Å². The molecule has 0 saturated carbocycles. The van der Waals surface area contributed by atoms with Gasteiger partial charge in [0.2, 0.25) is 5.82 Å². The fraction of sp³-hybridized carbons (Fsp3) is 0.333. The zero-order valence-corrected chi connectivity index (χ0v) is 11.7. The van der Waals surface area contributed by atoms with Crippen LogP contribution >= 0.6 is 11.6 Å². The summed E-state index contributed by atoms with van der Waals surface area (Å²) < 4.78 is 0. The lowest BCUT2D eigenvalue weighted by molar-refractivity contribution is -0.138. The molecule has 0 radical (unpaired) electrons. The van der Waals surface area contributed by atoms with E-state index in [1.807, 2.05) is 6.07 Å². The number of alkyl halides is 1. The molecule has 2 rings (SSSR count). The fourth-order valence-electron chi connectivity index (χ4n) is 1.61. The van der Waals surface area contributed by atoms with Crippen molar-refractivity contribution in [3.63, 3.8) is 0 Å². The maximum Gasteiger partial charge on any atom is 0.327 e. The van der Waals surface area contributed by atoms with Crippen LogP contribution in [0.1, 0.15) is 0 Å². The van der Waals surface area contributed by atoms with Gasteiger partial charge in [0.05, 0.1) is 12.0 Å². The molecule has 1 atom stereocenters. The molecule has 1 aromatic carbocycles. The van der Waals surface area contributed by atoms with Crippen molar-refractivity contribution in [1.29, 1.82) is 0 Å². The van der Waals surface area contributed by atoms with E-state index >= 15 is 0 Å². The van der Waals surface area contributed by atoms with Crippen molar-refractivity contribution in [3.8, 4) is 11.4 Å². The van der Waals surface area contributed by atoms with Crippen molar-refractivity contribution >= 4 is 23.3 Å². The number of aliphatic hydroxyl groups is 1. The van der Waals surface area contributed by atoms with Crippen LogP contribution in [0.25, 0.3) is 11.4 Å². The molecule has 1 aromatic heterocycles.